The third-order valence-corrected chi connectivity index (χ3v) is 3.61. The molecule has 0 bridgehead atoms. The zero-order valence-electron chi connectivity index (χ0n) is 11.0. The van der Waals surface area contributed by atoms with Gasteiger partial charge in [0.2, 0.25) is 0 Å². The maximum atomic E-state index is 4.41. The lowest BCUT2D eigenvalue weighted by Gasteiger charge is -2.01. The predicted octanol–water partition coefficient (Wildman–Crippen LogP) is 3.90. The van der Waals surface area contributed by atoms with Gasteiger partial charge in [-0.3, -0.25) is 9.82 Å². The molecule has 0 saturated carbocycles. The Balaban J connectivity index is 1.67. The molecular weight excluding hydrogens is 268 g/mol. The van der Waals surface area contributed by atoms with Crippen LogP contribution in [0.5, 0.6) is 0 Å². The van der Waals surface area contributed by atoms with E-state index in [1.807, 2.05) is 30.3 Å². The first-order chi connectivity index (χ1) is 9.81. The molecule has 20 heavy (non-hydrogen) atoms. The summed E-state index contributed by atoms with van der Waals surface area (Å²) in [7, 11) is 0. The molecule has 3 rings (SSSR count). The Bertz CT molecular complexity index is 677. The Hall–Kier alpha value is -2.27. The number of hydrogen-bond acceptors (Lipinski definition) is 4. The number of aromatic amines is 1. The number of aryl methyl sites for hydroxylation is 1. The topological polar surface area (TPSA) is 53.6 Å². The maximum Gasteiger partial charge on any atom is 0.252 e. The Morgan fingerprint density at radius 3 is 2.50 bits per heavy atom. The summed E-state index contributed by atoms with van der Waals surface area (Å²) in [6, 6.07) is 18.2. The first-order valence-corrected chi connectivity index (χ1v) is 7.10. The molecule has 0 fully saturated rings. The Morgan fingerprint density at radius 2 is 1.75 bits per heavy atom. The van der Waals surface area contributed by atoms with Gasteiger partial charge in [0.15, 0.2) is 5.82 Å². The van der Waals surface area contributed by atoms with Crippen LogP contribution in [0.4, 0.5) is 5.95 Å². The van der Waals surface area contributed by atoms with E-state index in [0.717, 1.165) is 16.3 Å². The summed E-state index contributed by atoms with van der Waals surface area (Å²) in [5.74, 6) is 1.34. The van der Waals surface area contributed by atoms with Crippen LogP contribution >= 0.6 is 11.9 Å². The molecule has 3 aromatic rings. The molecule has 0 spiro atoms. The molecule has 0 amide bonds. The molecule has 1 aromatic heterocycles. The molecule has 2 N–H and O–H groups in total. The Morgan fingerprint density at radius 1 is 1.00 bits per heavy atom. The number of H-pyrrole nitrogens is 1. The number of hydrogen-bond donors (Lipinski definition) is 2. The van der Waals surface area contributed by atoms with E-state index in [1.54, 1.807) is 0 Å². The van der Waals surface area contributed by atoms with E-state index in [1.165, 1.54) is 17.5 Å². The van der Waals surface area contributed by atoms with E-state index in [2.05, 4.69) is 51.1 Å². The van der Waals surface area contributed by atoms with Gasteiger partial charge in [0.1, 0.15) is 0 Å². The molecule has 0 saturated heterocycles. The van der Waals surface area contributed by atoms with Gasteiger partial charge in [-0.15, -0.1) is 5.10 Å². The van der Waals surface area contributed by atoms with Crippen molar-refractivity contribution >= 4 is 17.9 Å². The number of anilines is 1. The van der Waals surface area contributed by atoms with Crippen molar-refractivity contribution in [3.8, 4) is 11.4 Å². The van der Waals surface area contributed by atoms with Gasteiger partial charge in [-0.05, 0) is 31.0 Å². The summed E-state index contributed by atoms with van der Waals surface area (Å²) in [5.41, 5.74) is 2.27. The van der Waals surface area contributed by atoms with Crippen molar-refractivity contribution in [3.63, 3.8) is 0 Å². The van der Waals surface area contributed by atoms with Gasteiger partial charge in [-0.1, -0.05) is 48.0 Å². The van der Waals surface area contributed by atoms with Crippen molar-refractivity contribution in [2.24, 2.45) is 0 Å². The fourth-order valence-corrected chi connectivity index (χ4v) is 2.32. The summed E-state index contributed by atoms with van der Waals surface area (Å²) in [5, 5.41) is 7.09. The van der Waals surface area contributed by atoms with E-state index in [4.69, 9.17) is 0 Å². The van der Waals surface area contributed by atoms with Crippen LogP contribution in [0, 0.1) is 6.92 Å². The van der Waals surface area contributed by atoms with Gasteiger partial charge in [-0.2, -0.15) is 4.98 Å². The summed E-state index contributed by atoms with van der Waals surface area (Å²) in [4.78, 5) is 5.54. The number of nitrogens with zero attached hydrogens (tertiary/aromatic N) is 2. The van der Waals surface area contributed by atoms with Crippen molar-refractivity contribution in [1.82, 2.24) is 15.2 Å². The fourth-order valence-electron chi connectivity index (χ4n) is 1.74. The summed E-state index contributed by atoms with van der Waals surface area (Å²) >= 11 is 1.50. The van der Waals surface area contributed by atoms with Crippen LogP contribution in [0.15, 0.2) is 59.5 Å². The standard InChI is InChI=1S/C15H14N4S/c1-11-7-9-13(10-8-11)20-19-15-16-14(17-18-15)12-5-3-2-4-6-12/h2-10H,1H3,(H2,16,17,18,19). The van der Waals surface area contributed by atoms with Crippen molar-refractivity contribution in [2.75, 3.05) is 4.72 Å². The molecular formula is C15H14N4S. The van der Waals surface area contributed by atoms with E-state index in [0.29, 0.717) is 5.95 Å². The molecule has 0 aliphatic rings. The van der Waals surface area contributed by atoms with E-state index in [-0.39, 0.29) is 0 Å². The molecule has 0 unspecified atom stereocenters. The van der Waals surface area contributed by atoms with Crippen molar-refractivity contribution in [3.05, 3.63) is 60.2 Å². The smallest absolute Gasteiger partial charge is 0.252 e. The minimum absolute atomic E-state index is 0.578. The molecule has 0 aliphatic heterocycles. The summed E-state index contributed by atoms with van der Waals surface area (Å²) in [6.45, 7) is 2.07. The third-order valence-electron chi connectivity index (χ3n) is 2.81. The highest BCUT2D eigenvalue weighted by Gasteiger charge is 2.05. The van der Waals surface area contributed by atoms with E-state index >= 15 is 0 Å². The first-order valence-electron chi connectivity index (χ1n) is 6.28. The van der Waals surface area contributed by atoms with Gasteiger partial charge in [-0.25, -0.2) is 0 Å². The van der Waals surface area contributed by atoms with E-state index in [9.17, 15) is 0 Å². The Labute approximate surface area is 121 Å². The zero-order chi connectivity index (χ0) is 13.8. The third kappa shape index (κ3) is 3.00. The lowest BCUT2D eigenvalue weighted by Crippen LogP contribution is -1.88. The largest absolute Gasteiger partial charge is 0.293 e. The fraction of sp³-hybridized carbons (Fsp3) is 0.0667. The van der Waals surface area contributed by atoms with Crippen molar-refractivity contribution < 1.29 is 0 Å². The molecule has 4 nitrogen and oxygen atoms in total. The molecule has 2 aromatic carbocycles. The number of benzene rings is 2. The lowest BCUT2D eigenvalue weighted by molar-refractivity contribution is 1.10. The van der Waals surface area contributed by atoms with Crippen LogP contribution in [0.3, 0.4) is 0 Å². The molecule has 1 heterocycles. The highest BCUT2D eigenvalue weighted by Crippen LogP contribution is 2.21. The van der Waals surface area contributed by atoms with Crippen molar-refractivity contribution in [1.29, 1.82) is 0 Å². The van der Waals surface area contributed by atoms with Crippen LogP contribution < -0.4 is 4.72 Å². The van der Waals surface area contributed by atoms with Crippen LogP contribution in [-0.2, 0) is 0 Å². The SMILES string of the molecule is Cc1ccc(SNc2n[nH]c(-c3ccccc3)n2)cc1. The second kappa shape index (κ2) is 5.79. The van der Waals surface area contributed by atoms with Gasteiger partial charge >= 0.3 is 0 Å². The normalized spacial score (nSPS) is 10.4. The number of nitrogens with one attached hydrogen (secondary N) is 2. The highest BCUT2D eigenvalue weighted by atomic mass is 32.2. The predicted molar refractivity (Wildman–Crippen MR) is 82.5 cm³/mol. The average Bonchev–Trinajstić information content (AvgIpc) is 2.97. The second-order valence-electron chi connectivity index (χ2n) is 4.39. The minimum atomic E-state index is 0.578. The first kappa shape index (κ1) is 12.7. The van der Waals surface area contributed by atoms with E-state index < -0.39 is 0 Å². The Kier molecular flexibility index (Phi) is 3.69. The van der Waals surface area contributed by atoms with Crippen molar-refractivity contribution in [2.45, 2.75) is 11.8 Å². The van der Waals surface area contributed by atoms with Gasteiger partial charge in [0.05, 0.1) is 0 Å². The molecule has 0 aliphatic carbocycles. The van der Waals surface area contributed by atoms with Crippen LogP contribution in [-0.4, -0.2) is 15.2 Å². The molecule has 0 atom stereocenters. The maximum absolute atomic E-state index is 4.41. The summed E-state index contributed by atoms with van der Waals surface area (Å²) in [6.07, 6.45) is 0. The van der Waals surface area contributed by atoms with Gasteiger partial charge < -0.3 is 0 Å². The minimum Gasteiger partial charge on any atom is -0.293 e. The zero-order valence-corrected chi connectivity index (χ0v) is 11.8. The van der Waals surface area contributed by atoms with Gasteiger partial charge in [0.25, 0.3) is 5.95 Å². The monoisotopic (exact) mass is 282 g/mol. The number of aromatic nitrogens is 3. The van der Waals surface area contributed by atoms with Crippen LogP contribution in [0.25, 0.3) is 11.4 Å². The molecule has 5 heteroatoms. The van der Waals surface area contributed by atoms with Crippen LogP contribution in [0.2, 0.25) is 0 Å². The quantitative estimate of drug-likeness (QED) is 0.713. The second-order valence-corrected chi connectivity index (χ2v) is 5.27. The highest BCUT2D eigenvalue weighted by molar-refractivity contribution is 8.00. The molecule has 100 valence electrons. The van der Waals surface area contributed by atoms with Gasteiger partial charge in [0, 0.05) is 10.5 Å². The number of rotatable bonds is 4. The molecule has 0 radical (unpaired) electrons. The average molecular weight is 282 g/mol. The van der Waals surface area contributed by atoms with Crippen LogP contribution in [0.1, 0.15) is 5.56 Å². The lowest BCUT2D eigenvalue weighted by atomic mass is 10.2. The summed E-state index contributed by atoms with van der Waals surface area (Å²) < 4.78 is 3.13.